The molecular weight excluding hydrogens is 294 g/mol. The van der Waals surface area contributed by atoms with Gasteiger partial charge in [0.2, 0.25) is 5.91 Å². The smallest absolute Gasteiger partial charge is 0.328 e. The second-order valence-corrected chi connectivity index (χ2v) is 5.23. The molecule has 1 amide bonds. The molecule has 0 radical (unpaired) electrons. The summed E-state index contributed by atoms with van der Waals surface area (Å²) in [5, 5.41) is 2.75. The van der Waals surface area contributed by atoms with Crippen LogP contribution >= 0.6 is 0 Å². The van der Waals surface area contributed by atoms with E-state index >= 15 is 0 Å². The summed E-state index contributed by atoms with van der Waals surface area (Å²) in [7, 11) is 1.32. The molecule has 2 rings (SSSR count). The molecule has 0 saturated carbocycles. The fourth-order valence-corrected chi connectivity index (χ4v) is 2.30. The van der Waals surface area contributed by atoms with Crippen LogP contribution in [0, 0.1) is 0 Å². The van der Waals surface area contributed by atoms with Crippen molar-refractivity contribution in [3.05, 3.63) is 54.6 Å². The second-order valence-electron chi connectivity index (χ2n) is 5.23. The zero-order valence-electron chi connectivity index (χ0n) is 13.1. The van der Waals surface area contributed by atoms with Gasteiger partial charge < -0.3 is 14.6 Å². The molecule has 122 valence electrons. The van der Waals surface area contributed by atoms with Crippen molar-refractivity contribution in [3.8, 4) is 0 Å². The molecule has 1 atom stereocenters. The van der Waals surface area contributed by atoms with Crippen molar-refractivity contribution in [2.45, 2.75) is 31.8 Å². The monoisotopic (exact) mass is 315 g/mol. The van der Waals surface area contributed by atoms with Crippen LogP contribution in [0.3, 0.4) is 0 Å². The normalized spacial score (nSPS) is 11.7. The molecule has 0 aromatic carbocycles. The van der Waals surface area contributed by atoms with Crippen LogP contribution in [0.4, 0.5) is 0 Å². The highest BCUT2D eigenvalue weighted by molar-refractivity contribution is 5.84. The number of aromatic nitrogens is 2. The Morgan fingerprint density at radius 3 is 2.61 bits per heavy atom. The summed E-state index contributed by atoms with van der Waals surface area (Å²) in [6.07, 6.45) is 8.69. The fourth-order valence-electron chi connectivity index (χ4n) is 2.30. The molecule has 6 nitrogen and oxygen atoms in total. The van der Waals surface area contributed by atoms with Gasteiger partial charge in [-0.25, -0.2) is 4.79 Å². The molecule has 0 aliphatic carbocycles. The van der Waals surface area contributed by atoms with E-state index in [4.69, 9.17) is 4.74 Å². The van der Waals surface area contributed by atoms with Crippen molar-refractivity contribution >= 4 is 11.9 Å². The van der Waals surface area contributed by atoms with Gasteiger partial charge in [-0.15, -0.1) is 0 Å². The van der Waals surface area contributed by atoms with Crippen molar-refractivity contribution in [1.29, 1.82) is 0 Å². The number of pyridine rings is 1. The minimum atomic E-state index is -0.679. The number of nitrogens with one attached hydrogen (secondary N) is 1. The van der Waals surface area contributed by atoms with Gasteiger partial charge in [0.1, 0.15) is 6.04 Å². The van der Waals surface area contributed by atoms with Crippen molar-refractivity contribution in [2.24, 2.45) is 0 Å². The maximum atomic E-state index is 12.1. The molecule has 0 unspecified atom stereocenters. The maximum absolute atomic E-state index is 12.1. The number of hydrogen-bond donors (Lipinski definition) is 1. The van der Waals surface area contributed by atoms with Crippen LogP contribution in [0.5, 0.6) is 0 Å². The molecule has 1 N–H and O–H groups in total. The molecule has 2 aromatic heterocycles. The minimum absolute atomic E-state index is 0.151. The van der Waals surface area contributed by atoms with E-state index in [1.165, 1.54) is 7.11 Å². The Morgan fingerprint density at radius 1 is 1.26 bits per heavy atom. The lowest BCUT2D eigenvalue weighted by Gasteiger charge is -2.16. The van der Waals surface area contributed by atoms with Gasteiger partial charge in [0.15, 0.2) is 0 Å². The van der Waals surface area contributed by atoms with Crippen molar-refractivity contribution in [3.63, 3.8) is 0 Å². The molecule has 0 fully saturated rings. The predicted octanol–water partition coefficient (Wildman–Crippen LogP) is 1.56. The highest BCUT2D eigenvalue weighted by Crippen LogP contribution is 2.05. The van der Waals surface area contributed by atoms with Gasteiger partial charge >= 0.3 is 5.97 Å². The number of amides is 1. The van der Waals surface area contributed by atoms with Gasteiger partial charge in [-0.3, -0.25) is 9.78 Å². The topological polar surface area (TPSA) is 73.2 Å². The molecule has 23 heavy (non-hydrogen) atoms. The number of hydrogen-bond acceptors (Lipinski definition) is 4. The van der Waals surface area contributed by atoms with Crippen molar-refractivity contribution in [1.82, 2.24) is 14.9 Å². The third-order valence-corrected chi connectivity index (χ3v) is 3.50. The summed E-state index contributed by atoms with van der Waals surface area (Å²) in [4.78, 5) is 27.8. The first-order chi connectivity index (χ1) is 11.2. The average Bonchev–Trinajstić information content (AvgIpc) is 3.08. The van der Waals surface area contributed by atoms with E-state index < -0.39 is 12.0 Å². The lowest BCUT2D eigenvalue weighted by atomic mass is 10.1. The van der Waals surface area contributed by atoms with E-state index in [0.29, 0.717) is 19.3 Å². The predicted molar refractivity (Wildman–Crippen MR) is 85.6 cm³/mol. The van der Waals surface area contributed by atoms with E-state index in [9.17, 15) is 9.59 Å². The molecule has 2 aromatic rings. The van der Waals surface area contributed by atoms with Crippen LogP contribution < -0.4 is 5.32 Å². The number of nitrogens with zero attached hydrogens (tertiary/aromatic N) is 2. The first-order valence-corrected chi connectivity index (χ1v) is 7.56. The Hall–Kier alpha value is -2.63. The zero-order valence-corrected chi connectivity index (χ0v) is 13.1. The largest absolute Gasteiger partial charge is 0.467 e. The molecule has 2 heterocycles. The van der Waals surface area contributed by atoms with E-state index in [2.05, 4.69) is 10.3 Å². The quantitative estimate of drug-likeness (QED) is 0.750. The van der Waals surface area contributed by atoms with Crippen LogP contribution in [0.15, 0.2) is 49.1 Å². The third-order valence-electron chi connectivity index (χ3n) is 3.50. The Labute approximate surface area is 135 Å². The number of carbonyl (C=O) groups excluding carboxylic acids is 2. The SMILES string of the molecule is COC(=O)[C@@H](Cc1ccncc1)NC(=O)CCCn1cccc1. The number of carbonyl (C=O) groups is 2. The highest BCUT2D eigenvalue weighted by Gasteiger charge is 2.21. The van der Waals surface area contributed by atoms with Crippen molar-refractivity contribution in [2.75, 3.05) is 7.11 Å². The first-order valence-electron chi connectivity index (χ1n) is 7.56. The van der Waals surface area contributed by atoms with E-state index in [0.717, 1.165) is 12.1 Å². The number of esters is 1. The average molecular weight is 315 g/mol. The number of rotatable bonds is 8. The lowest BCUT2D eigenvalue weighted by molar-refractivity contribution is -0.145. The van der Waals surface area contributed by atoms with Gasteiger partial charge in [0.25, 0.3) is 0 Å². The Balaban J connectivity index is 1.84. The number of aryl methyl sites for hydroxylation is 1. The Morgan fingerprint density at radius 2 is 1.96 bits per heavy atom. The van der Waals surface area contributed by atoms with E-state index in [1.54, 1.807) is 12.4 Å². The van der Waals surface area contributed by atoms with Crippen LogP contribution in [-0.4, -0.2) is 34.6 Å². The zero-order chi connectivity index (χ0) is 16.5. The van der Waals surface area contributed by atoms with Gasteiger partial charge in [-0.1, -0.05) is 0 Å². The van der Waals surface area contributed by atoms with E-state index in [-0.39, 0.29) is 5.91 Å². The molecule has 0 aliphatic heterocycles. The molecule has 0 bridgehead atoms. The van der Waals surface area contributed by atoms with Gasteiger partial charge in [-0.05, 0) is 36.2 Å². The maximum Gasteiger partial charge on any atom is 0.328 e. The number of ether oxygens (including phenoxy) is 1. The van der Waals surface area contributed by atoms with Gasteiger partial charge in [0, 0.05) is 44.2 Å². The summed E-state index contributed by atoms with van der Waals surface area (Å²) < 4.78 is 6.79. The van der Waals surface area contributed by atoms with Crippen molar-refractivity contribution < 1.29 is 14.3 Å². The number of methoxy groups -OCH3 is 1. The van der Waals surface area contributed by atoms with Gasteiger partial charge in [0.05, 0.1) is 7.11 Å². The van der Waals surface area contributed by atoms with Gasteiger partial charge in [-0.2, -0.15) is 0 Å². The molecule has 6 heteroatoms. The summed E-state index contributed by atoms with van der Waals surface area (Å²) in [5.74, 6) is -0.595. The summed E-state index contributed by atoms with van der Waals surface area (Å²) >= 11 is 0. The van der Waals surface area contributed by atoms with Crippen LogP contribution in [0.2, 0.25) is 0 Å². The standard InChI is InChI=1S/C17H21N3O3/c1-23-17(22)15(13-14-6-8-18-9-7-14)19-16(21)5-4-12-20-10-2-3-11-20/h2-3,6-11,15H,4-5,12-13H2,1H3,(H,19,21)/t15-/m1/s1. The molecule has 0 spiro atoms. The first kappa shape index (κ1) is 16.7. The van der Waals surface area contributed by atoms with Crippen LogP contribution in [0.1, 0.15) is 18.4 Å². The molecule has 0 aliphatic rings. The minimum Gasteiger partial charge on any atom is -0.467 e. The summed E-state index contributed by atoms with van der Waals surface area (Å²) in [5.41, 5.74) is 0.919. The highest BCUT2D eigenvalue weighted by atomic mass is 16.5. The van der Waals surface area contributed by atoms with E-state index in [1.807, 2.05) is 41.2 Å². The Kier molecular flexibility index (Phi) is 6.35. The third kappa shape index (κ3) is 5.58. The summed E-state index contributed by atoms with van der Waals surface area (Å²) in [6, 6.07) is 6.84. The molecular formula is C17H21N3O3. The molecule has 0 saturated heterocycles. The van der Waals surface area contributed by atoms with Crippen LogP contribution in [-0.2, 0) is 27.3 Å². The fraction of sp³-hybridized carbons (Fsp3) is 0.353. The van der Waals surface area contributed by atoms with Crippen LogP contribution in [0.25, 0.3) is 0 Å². The summed E-state index contributed by atoms with van der Waals surface area (Å²) in [6.45, 7) is 0.771. The second kappa shape index (κ2) is 8.73. The Bertz CT molecular complexity index is 611. The lowest BCUT2D eigenvalue weighted by Crippen LogP contribution is -2.43.